The fourth-order valence-corrected chi connectivity index (χ4v) is 3.62. The normalized spacial score (nSPS) is 10.9. The molecule has 0 saturated carbocycles. The van der Waals surface area contributed by atoms with Crippen LogP contribution < -0.4 is 5.43 Å². The van der Waals surface area contributed by atoms with Gasteiger partial charge in [-0.25, -0.2) is 4.79 Å². The maximum Gasteiger partial charge on any atom is 0.343 e. The number of aromatic nitrogens is 2. The number of carbonyl (C=O) groups excluding carboxylic acids is 1. The fourth-order valence-electron chi connectivity index (χ4n) is 2.42. The van der Waals surface area contributed by atoms with E-state index >= 15 is 0 Å². The Morgan fingerprint density at radius 1 is 1.30 bits per heavy atom. The van der Waals surface area contributed by atoms with Crippen LogP contribution in [0.3, 0.4) is 0 Å². The third-order valence-corrected chi connectivity index (χ3v) is 4.77. The summed E-state index contributed by atoms with van der Waals surface area (Å²) in [6.45, 7) is 4.61. The van der Waals surface area contributed by atoms with Crippen LogP contribution in [-0.2, 0) is 11.3 Å². The monoisotopic (exact) mass is 328 g/mol. The molecular weight excluding hydrogens is 312 g/mol. The first kappa shape index (κ1) is 15.4. The van der Waals surface area contributed by atoms with Crippen molar-refractivity contribution in [1.82, 2.24) is 9.55 Å². The summed E-state index contributed by atoms with van der Waals surface area (Å²) in [5, 5.41) is 0.550. The van der Waals surface area contributed by atoms with Crippen LogP contribution in [0.5, 0.6) is 0 Å². The van der Waals surface area contributed by atoms with Gasteiger partial charge in [-0.05, 0) is 37.6 Å². The van der Waals surface area contributed by atoms with Gasteiger partial charge in [0.15, 0.2) is 0 Å². The average Bonchev–Trinajstić information content (AvgIpc) is 3.02. The van der Waals surface area contributed by atoms with Crippen LogP contribution in [0, 0.1) is 0 Å². The molecular formula is C17H16N2O3S. The van der Waals surface area contributed by atoms with Gasteiger partial charge in [0.25, 0.3) is 0 Å². The van der Waals surface area contributed by atoms with Gasteiger partial charge < -0.3 is 9.30 Å². The van der Waals surface area contributed by atoms with Crippen LogP contribution in [0.25, 0.3) is 20.7 Å². The minimum atomic E-state index is -0.571. The number of fused-ring (bicyclic) bond motifs is 1. The molecule has 3 rings (SSSR count). The van der Waals surface area contributed by atoms with Crippen molar-refractivity contribution in [2.24, 2.45) is 0 Å². The van der Waals surface area contributed by atoms with Gasteiger partial charge in [0.1, 0.15) is 10.4 Å². The fraction of sp³-hybridized carbons (Fsp3) is 0.235. The minimum absolute atomic E-state index is 0.0836. The summed E-state index contributed by atoms with van der Waals surface area (Å²) < 4.78 is 6.91. The molecule has 3 aromatic heterocycles. The summed E-state index contributed by atoms with van der Waals surface area (Å²) in [6, 6.07) is 5.64. The van der Waals surface area contributed by atoms with E-state index in [-0.39, 0.29) is 17.6 Å². The topological polar surface area (TPSA) is 61.2 Å². The maximum absolute atomic E-state index is 12.6. The molecule has 0 spiro atoms. The van der Waals surface area contributed by atoms with Crippen LogP contribution in [0.1, 0.15) is 24.2 Å². The Morgan fingerprint density at radius 2 is 2.04 bits per heavy atom. The highest BCUT2D eigenvalue weighted by molar-refractivity contribution is 7.21. The lowest BCUT2D eigenvalue weighted by Gasteiger charge is -2.07. The number of thiophene rings is 1. The second-order valence-corrected chi connectivity index (χ2v) is 5.97. The summed E-state index contributed by atoms with van der Waals surface area (Å²) >= 11 is 1.53. The van der Waals surface area contributed by atoms with Gasteiger partial charge in [-0.1, -0.05) is 0 Å². The lowest BCUT2D eigenvalue weighted by molar-refractivity contribution is 0.0524. The van der Waals surface area contributed by atoms with E-state index in [0.29, 0.717) is 11.9 Å². The van der Waals surface area contributed by atoms with Gasteiger partial charge in [-0.2, -0.15) is 0 Å². The molecule has 0 amide bonds. The molecule has 0 atom stereocenters. The molecule has 3 aromatic rings. The Morgan fingerprint density at radius 3 is 2.70 bits per heavy atom. The van der Waals surface area contributed by atoms with E-state index in [1.54, 1.807) is 25.5 Å². The highest BCUT2D eigenvalue weighted by atomic mass is 32.1. The Bertz CT molecular complexity index is 913. The molecule has 0 aliphatic carbocycles. The Balaban J connectivity index is 2.23. The standard InChI is InChI=1S/C17H16N2O3S/c1-3-19-10-13(17(21)22-4-2)15(20)12-9-14(23-16(12)19)11-5-7-18-8-6-11/h5-10H,3-4H2,1-2H3. The highest BCUT2D eigenvalue weighted by Gasteiger charge is 2.18. The second-order valence-electron chi connectivity index (χ2n) is 4.94. The molecule has 0 N–H and O–H groups in total. The molecule has 3 heterocycles. The van der Waals surface area contributed by atoms with E-state index in [1.165, 1.54) is 11.3 Å². The number of rotatable bonds is 4. The number of hydrogen-bond acceptors (Lipinski definition) is 5. The van der Waals surface area contributed by atoms with Gasteiger partial charge in [-0.15, -0.1) is 11.3 Å². The lowest BCUT2D eigenvalue weighted by Crippen LogP contribution is -2.19. The number of nitrogens with zero attached hydrogens (tertiary/aromatic N) is 2. The number of pyridine rings is 2. The third-order valence-electron chi connectivity index (χ3n) is 3.55. The molecule has 118 valence electrons. The van der Waals surface area contributed by atoms with E-state index in [9.17, 15) is 9.59 Å². The number of esters is 1. The minimum Gasteiger partial charge on any atom is -0.462 e. The molecule has 6 heteroatoms. The number of ether oxygens (including phenoxy) is 1. The summed E-state index contributed by atoms with van der Waals surface area (Å²) in [6.07, 6.45) is 5.03. The van der Waals surface area contributed by atoms with E-state index in [0.717, 1.165) is 15.3 Å². The lowest BCUT2D eigenvalue weighted by atomic mass is 10.1. The van der Waals surface area contributed by atoms with Crippen molar-refractivity contribution in [1.29, 1.82) is 0 Å². The van der Waals surface area contributed by atoms with Crippen LogP contribution in [0.2, 0.25) is 0 Å². The van der Waals surface area contributed by atoms with Gasteiger partial charge in [0.2, 0.25) is 5.43 Å². The first-order chi connectivity index (χ1) is 11.2. The SMILES string of the molecule is CCOC(=O)c1cn(CC)c2sc(-c3ccncc3)cc2c1=O. The molecule has 0 aliphatic heterocycles. The highest BCUT2D eigenvalue weighted by Crippen LogP contribution is 2.32. The first-order valence-electron chi connectivity index (χ1n) is 7.40. The molecule has 0 aliphatic rings. The predicted octanol–water partition coefficient (Wildman–Crippen LogP) is 3.32. The Hall–Kier alpha value is -2.47. The van der Waals surface area contributed by atoms with Gasteiger partial charge in [0, 0.05) is 30.0 Å². The summed E-state index contributed by atoms with van der Waals surface area (Å²) in [7, 11) is 0. The zero-order valence-electron chi connectivity index (χ0n) is 12.9. The van der Waals surface area contributed by atoms with Crippen LogP contribution in [0.4, 0.5) is 0 Å². The number of aryl methyl sites for hydroxylation is 1. The van der Waals surface area contributed by atoms with Gasteiger partial charge in [0.05, 0.1) is 12.0 Å². The van der Waals surface area contributed by atoms with Crippen molar-refractivity contribution in [2.45, 2.75) is 20.4 Å². The quantitative estimate of drug-likeness (QED) is 0.689. The number of hydrogen-bond donors (Lipinski definition) is 0. The molecule has 0 saturated heterocycles. The van der Waals surface area contributed by atoms with Crippen molar-refractivity contribution >= 4 is 27.5 Å². The molecule has 0 bridgehead atoms. The molecule has 23 heavy (non-hydrogen) atoms. The smallest absolute Gasteiger partial charge is 0.343 e. The molecule has 0 unspecified atom stereocenters. The Labute approximate surface area is 137 Å². The van der Waals surface area contributed by atoms with Crippen molar-refractivity contribution < 1.29 is 9.53 Å². The zero-order chi connectivity index (χ0) is 16.4. The first-order valence-corrected chi connectivity index (χ1v) is 8.21. The zero-order valence-corrected chi connectivity index (χ0v) is 13.7. The van der Waals surface area contributed by atoms with Gasteiger partial charge >= 0.3 is 5.97 Å². The van der Waals surface area contributed by atoms with Crippen molar-refractivity contribution in [3.05, 3.63) is 52.6 Å². The van der Waals surface area contributed by atoms with Crippen LogP contribution in [0.15, 0.2) is 41.6 Å². The molecule has 5 nitrogen and oxygen atoms in total. The van der Waals surface area contributed by atoms with Crippen molar-refractivity contribution in [3.63, 3.8) is 0 Å². The van der Waals surface area contributed by atoms with E-state index < -0.39 is 5.97 Å². The average molecular weight is 328 g/mol. The van der Waals surface area contributed by atoms with Crippen molar-refractivity contribution in [3.8, 4) is 10.4 Å². The van der Waals surface area contributed by atoms with Crippen LogP contribution >= 0.6 is 11.3 Å². The third kappa shape index (κ3) is 2.77. The van der Waals surface area contributed by atoms with E-state index in [2.05, 4.69) is 4.98 Å². The van der Waals surface area contributed by atoms with Gasteiger partial charge in [-0.3, -0.25) is 9.78 Å². The molecule has 0 fully saturated rings. The largest absolute Gasteiger partial charge is 0.462 e. The van der Waals surface area contributed by atoms with E-state index in [1.807, 2.05) is 29.7 Å². The van der Waals surface area contributed by atoms with E-state index in [4.69, 9.17) is 4.74 Å². The van der Waals surface area contributed by atoms with Crippen LogP contribution in [-0.4, -0.2) is 22.1 Å². The maximum atomic E-state index is 12.6. The summed E-state index contributed by atoms with van der Waals surface area (Å²) in [4.78, 5) is 30.5. The summed E-state index contributed by atoms with van der Waals surface area (Å²) in [5.41, 5.74) is 0.806. The second kappa shape index (κ2) is 6.34. The summed E-state index contributed by atoms with van der Waals surface area (Å²) in [5.74, 6) is -0.571. The Kier molecular flexibility index (Phi) is 4.25. The molecule has 0 radical (unpaired) electrons. The van der Waals surface area contributed by atoms with Crippen molar-refractivity contribution in [2.75, 3.05) is 6.61 Å². The number of carbonyl (C=O) groups is 1. The molecule has 0 aromatic carbocycles. The predicted molar refractivity (Wildman–Crippen MR) is 90.9 cm³/mol.